The Bertz CT molecular complexity index is 732. The second-order valence-corrected chi connectivity index (χ2v) is 6.21. The van der Waals surface area contributed by atoms with E-state index in [2.05, 4.69) is 54.5 Å². The Balaban J connectivity index is 1.72. The van der Waals surface area contributed by atoms with Gasteiger partial charge < -0.3 is 5.32 Å². The molecule has 21 heavy (non-hydrogen) atoms. The molecule has 2 aromatic carbocycles. The smallest absolute Gasteiger partial charge is 0.123 e. The molecule has 0 radical (unpaired) electrons. The van der Waals surface area contributed by atoms with Gasteiger partial charge in [-0.25, -0.2) is 4.98 Å². The third-order valence-corrected chi connectivity index (χ3v) is 4.68. The van der Waals surface area contributed by atoms with Crippen LogP contribution >= 0.6 is 11.3 Å². The highest BCUT2D eigenvalue weighted by Gasteiger charge is 2.05. The van der Waals surface area contributed by atoms with E-state index >= 15 is 0 Å². The van der Waals surface area contributed by atoms with E-state index in [9.17, 15) is 0 Å². The molecule has 0 aliphatic heterocycles. The zero-order valence-corrected chi connectivity index (χ0v) is 13.1. The maximum atomic E-state index is 4.52. The van der Waals surface area contributed by atoms with E-state index in [0.717, 1.165) is 11.6 Å². The first kappa shape index (κ1) is 13.8. The van der Waals surface area contributed by atoms with Crippen LogP contribution in [0.4, 0.5) is 5.69 Å². The minimum Gasteiger partial charge on any atom is -0.380 e. The summed E-state index contributed by atoms with van der Waals surface area (Å²) in [5.74, 6) is 0. The maximum Gasteiger partial charge on any atom is 0.123 e. The third kappa shape index (κ3) is 3.14. The lowest BCUT2D eigenvalue weighted by Crippen LogP contribution is -2.00. The number of nitrogens with zero attached hydrogens (tertiary/aromatic N) is 1. The highest BCUT2D eigenvalue weighted by molar-refractivity contribution is 7.15. The Kier molecular flexibility index (Phi) is 4.02. The van der Waals surface area contributed by atoms with Crippen LogP contribution < -0.4 is 5.32 Å². The van der Waals surface area contributed by atoms with Crippen molar-refractivity contribution < 1.29 is 0 Å². The van der Waals surface area contributed by atoms with Gasteiger partial charge in [0.25, 0.3) is 0 Å². The number of aromatic nitrogens is 1. The molecule has 0 aliphatic rings. The summed E-state index contributed by atoms with van der Waals surface area (Å²) in [7, 11) is 0. The molecule has 0 saturated carbocycles. The van der Waals surface area contributed by atoms with Crippen molar-refractivity contribution in [3.63, 3.8) is 0 Å². The largest absolute Gasteiger partial charge is 0.380 e. The number of hydrogen-bond acceptors (Lipinski definition) is 3. The first-order valence-corrected chi connectivity index (χ1v) is 7.86. The van der Waals surface area contributed by atoms with Crippen LogP contribution in [0.2, 0.25) is 0 Å². The van der Waals surface area contributed by atoms with E-state index in [-0.39, 0.29) is 0 Å². The fraction of sp³-hybridized carbons (Fsp3) is 0.167. The average Bonchev–Trinajstić information content (AvgIpc) is 2.99. The summed E-state index contributed by atoms with van der Waals surface area (Å²) in [5.41, 5.74) is 5.00. The highest BCUT2D eigenvalue weighted by Crippen LogP contribution is 2.26. The molecule has 3 heteroatoms. The second kappa shape index (κ2) is 6.10. The molecule has 1 N–H and O–H groups in total. The topological polar surface area (TPSA) is 24.9 Å². The quantitative estimate of drug-likeness (QED) is 0.729. The molecular formula is C18H18N2S. The molecule has 3 aromatic rings. The van der Waals surface area contributed by atoms with Crippen molar-refractivity contribution in [1.29, 1.82) is 0 Å². The van der Waals surface area contributed by atoms with Crippen LogP contribution in [0, 0.1) is 13.8 Å². The minimum absolute atomic E-state index is 0.814. The summed E-state index contributed by atoms with van der Waals surface area (Å²) in [6.45, 7) is 5.11. The van der Waals surface area contributed by atoms with Gasteiger partial charge in [0.1, 0.15) is 5.01 Å². The predicted octanol–water partition coefficient (Wildman–Crippen LogP) is 5.04. The number of nitrogens with one attached hydrogen (secondary N) is 1. The van der Waals surface area contributed by atoms with Gasteiger partial charge in [-0.05, 0) is 31.0 Å². The molecule has 0 saturated heterocycles. The van der Waals surface area contributed by atoms with E-state index < -0.39 is 0 Å². The van der Waals surface area contributed by atoms with E-state index in [4.69, 9.17) is 0 Å². The van der Waals surface area contributed by atoms with Gasteiger partial charge in [-0.15, -0.1) is 11.3 Å². The summed E-state index contributed by atoms with van der Waals surface area (Å²) in [6.07, 6.45) is 1.96. The van der Waals surface area contributed by atoms with Crippen molar-refractivity contribution in [2.24, 2.45) is 0 Å². The Morgan fingerprint density at radius 3 is 2.62 bits per heavy atom. The Hall–Kier alpha value is -2.13. The van der Waals surface area contributed by atoms with Crippen LogP contribution in [0.1, 0.15) is 16.0 Å². The fourth-order valence-corrected chi connectivity index (χ4v) is 3.09. The van der Waals surface area contributed by atoms with Crippen molar-refractivity contribution in [3.05, 3.63) is 70.7 Å². The summed E-state index contributed by atoms with van der Waals surface area (Å²) in [4.78, 5) is 5.76. The molecule has 1 heterocycles. The summed E-state index contributed by atoms with van der Waals surface area (Å²) >= 11 is 1.74. The lowest BCUT2D eigenvalue weighted by Gasteiger charge is -2.10. The van der Waals surface area contributed by atoms with Crippen LogP contribution in [-0.4, -0.2) is 4.98 Å². The molecule has 0 spiro atoms. The first-order valence-electron chi connectivity index (χ1n) is 7.04. The zero-order chi connectivity index (χ0) is 14.7. The number of hydrogen-bond donors (Lipinski definition) is 1. The van der Waals surface area contributed by atoms with Gasteiger partial charge in [-0.1, -0.05) is 42.5 Å². The molecule has 0 amide bonds. The Labute approximate surface area is 129 Å². The Morgan fingerprint density at radius 1 is 1.00 bits per heavy atom. The van der Waals surface area contributed by atoms with Gasteiger partial charge in [-0.2, -0.15) is 0 Å². The number of thiazole rings is 1. The van der Waals surface area contributed by atoms with Crippen LogP contribution in [-0.2, 0) is 6.54 Å². The van der Waals surface area contributed by atoms with Gasteiger partial charge in [0, 0.05) is 22.3 Å². The molecule has 106 valence electrons. The summed E-state index contributed by atoms with van der Waals surface area (Å²) in [5, 5.41) is 4.58. The van der Waals surface area contributed by atoms with Gasteiger partial charge in [0.15, 0.2) is 0 Å². The monoisotopic (exact) mass is 294 g/mol. The predicted molar refractivity (Wildman–Crippen MR) is 90.8 cm³/mol. The first-order chi connectivity index (χ1) is 10.2. The highest BCUT2D eigenvalue weighted by atomic mass is 32.1. The molecule has 0 aliphatic carbocycles. The van der Waals surface area contributed by atoms with Gasteiger partial charge in [-0.3, -0.25) is 0 Å². The summed E-state index contributed by atoms with van der Waals surface area (Å²) < 4.78 is 0. The lowest BCUT2D eigenvalue weighted by molar-refractivity contribution is 1.16. The van der Waals surface area contributed by atoms with E-state index in [0.29, 0.717) is 0 Å². The van der Waals surface area contributed by atoms with Crippen molar-refractivity contribution >= 4 is 17.0 Å². The van der Waals surface area contributed by atoms with Gasteiger partial charge >= 0.3 is 0 Å². The van der Waals surface area contributed by atoms with Crippen LogP contribution in [0.25, 0.3) is 10.6 Å². The molecule has 0 atom stereocenters. The average molecular weight is 294 g/mol. The van der Waals surface area contributed by atoms with Crippen molar-refractivity contribution in [1.82, 2.24) is 4.98 Å². The van der Waals surface area contributed by atoms with E-state index in [1.54, 1.807) is 11.3 Å². The SMILES string of the molecule is Cc1cccc(NCc2cnc(-c3ccccc3)s2)c1C. The third-order valence-electron chi connectivity index (χ3n) is 3.63. The maximum absolute atomic E-state index is 4.52. The number of aryl methyl sites for hydroxylation is 1. The normalized spacial score (nSPS) is 10.6. The molecular weight excluding hydrogens is 276 g/mol. The molecule has 0 fully saturated rings. The standard InChI is InChI=1S/C18H18N2S/c1-13-7-6-10-17(14(13)2)19-11-16-12-20-18(21-16)15-8-4-3-5-9-15/h3-10,12,19H,11H2,1-2H3. The van der Waals surface area contributed by atoms with Crippen LogP contribution in [0.5, 0.6) is 0 Å². The van der Waals surface area contributed by atoms with Crippen molar-refractivity contribution in [2.75, 3.05) is 5.32 Å². The Morgan fingerprint density at radius 2 is 1.81 bits per heavy atom. The molecule has 2 nitrogen and oxygen atoms in total. The number of rotatable bonds is 4. The minimum atomic E-state index is 0.814. The lowest BCUT2D eigenvalue weighted by atomic mass is 10.1. The molecule has 0 unspecified atom stereocenters. The van der Waals surface area contributed by atoms with Gasteiger partial charge in [0.05, 0.1) is 6.54 Å². The summed E-state index contributed by atoms with van der Waals surface area (Å²) in [6, 6.07) is 16.7. The van der Waals surface area contributed by atoms with Crippen molar-refractivity contribution in [3.8, 4) is 10.6 Å². The van der Waals surface area contributed by atoms with Crippen LogP contribution in [0.15, 0.2) is 54.7 Å². The van der Waals surface area contributed by atoms with Crippen LogP contribution in [0.3, 0.4) is 0 Å². The van der Waals surface area contributed by atoms with E-state index in [1.165, 1.54) is 27.3 Å². The van der Waals surface area contributed by atoms with Gasteiger partial charge in [0.2, 0.25) is 0 Å². The molecule has 1 aromatic heterocycles. The van der Waals surface area contributed by atoms with E-state index in [1.807, 2.05) is 24.4 Å². The zero-order valence-electron chi connectivity index (χ0n) is 12.3. The van der Waals surface area contributed by atoms with Crippen molar-refractivity contribution in [2.45, 2.75) is 20.4 Å². The molecule has 0 bridgehead atoms. The fourth-order valence-electron chi connectivity index (χ4n) is 2.23. The number of benzene rings is 2. The second-order valence-electron chi connectivity index (χ2n) is 5.10. The number of anilines is 1. The molecule has 3 rings (SSSR count).